The molecule has 4 heterocycles. The van der Waals surface area contributed by atoms with Crippen molar-refractivity contribution < 1.29 is 4.79 Å². The summed E-state index contributed by atoms with van der Waals surface area (Å²) in [6.45, 7) is 6.02. The van der Waals surface area contributed by atoms with E-state index in [-0.39, 0.29) is 11.8 Å². The third-order valence-electron chi connectivity index (χ3n) is 6.51. The van der Waals surface area contributed by atoms with Crippen LogP contribution in [0.3, 0.4) is 0 Å². The number of nitrogens with one attached hydrogen (secondary N) is 1. The van der Waals surface area contributed by atoms with E-state index in [1.54, 1.807) is 12.4 Å². The molecule has 0 aliphatic carbocycles. The first kappa shape index (κ1) is 20.9. The quantitative estimate of drug-likeness (QED) is 0.764. The normalized spacial score (nSPS) is 21.4. The number of nitrogens with zero attached hydrogens (tertiary/aromatic N) is 4. The standard InChI is InChI=1S/C24H33N5O/c30-24(27-14-7-20-3-10-25-11-4-20)22-2-1-15-29(19-22)23-8-16-28(17-9-23)18-21-5-12-26-13-6-21/h3-6,10-13,22-23H,1-2,7-9,14-19H2,(H,27,30). The Morgan fingerprint density at radius 1 is 0.933 bits per heavy atom. The van der Waals surface area contributed by atoms with Crippen LogP contribution in [-0.2, 0) is 17.8 Å². The number of hydrogen-bond acceptors (Lipinski definition) is 5. The van der Waals surface area contributed by atoms with Crippen molar-refractivity contribution in [3.63, 3.8) is 0 Å². The molecule has 1 unspecified atom stereocenters. The molecule has 0 radical (unpaired) electrons. The molecule has 1 amide bonds. The van der Waals surface area contributed by atoms with Crippen LogP contribution in [0, 0.1) is 5.92 Å². The first-order chi connectivity index (χ1) is 14.8. The van der Waals surface area contributed by atoms with E-state index in [0.29, 0.717) is 12.6 Å². The van der Waals surface area contributed by atoms with Gasteiger partial charge in [0.2, 0.25) is 5.91 Å². The third-order valence-corrected chi connectivity index (χ3v) is 6.51. The molecule has 0 spiro atoms. The zero-order chi connectivity index (χ0) is 20.6. The van der Waals surface area contributed by atoms with Gasteiger partial charge in [-0.2, -0.15) is 0 Å². The minimum Gasteiger partial charge on any atom is -0.355 e. The molecule has 0 aromatic carbocycles. The van der Waals surface area contributed by atoms with E-state index in [1.165, 1.54) is 24.0 Å². The van der Waals surface area contributed by atoms with Gasteiger partial charge in [0.05, 0.1) is 5.92 Å². The maximum Gasteiger partial charge on any atom is 0.224 e. The minimum absolute atomic E-state index is 0.131. The average molecular weight is 408 g/mol. The monoisotopic (exact) mass is 407 g/mol. The number of rotatable bonds is 7. The second kappa shape index (κ2) is 10.6. The van der Waals surface area contributed by atoms with Crippen LogP contribution in [0.5, 0.6) is 0 Å². The van der Waals surface area contributed by atoms with Gasteiger partial charge in [-0.3, -0.25) is 24.6 Å². The van der Waals surface area contributed by atoms with E-state index < -0.39 is 0 Å². The highest BCUT2D eigenvalue weighted by Gasteiger charge is 2.31. The predicted molar refractivity (Wildman–Crippen MR) is 118 cm³/mol. The van der Waals surface area contributed by atoms with E-state index in [0.717, 1.165) is 52.0 Å². The Balaban J connectivity index is 1.20. The molecule has 2 aliphatic heterocycles. The summed E-state index contributed by atoms with van der Waals surface area (Å²) in [6.07, 6.45) is 12.7. The molecule has 6 nitrogen and oxygen atoms in total. The van der Waals surface area contributed by atoms with Crippen molar-refractivity contribution in [2.75, 3.05) is 32.7 Å². The van der Waals surface area contributed by atoms with Crippen molar-refractivity contribution in [1.29, 1.82) is 0 Å². The Morgan fingerprint density at radius 3 is 2.30 bits per heavy atom. The molecular weight excluding hydrogens is 374 g/mol. The van der Waals surface area contributed by atoms with Crippen molar-refractivity contribution in [2.24, 2.45) is 5.92 Å². The first-order valence-corrected chi connectivity index (χ1v) is 11.3. The van der Waals surface area contributed by atoms with E-state index in [2.05, 4.69) is 37.2 Å². The third kappa shape index (κ3) is 5.86. The SMILES string of the molecule is O=C(NCCc1ccncc1)C1CCCN(C2CCN(Cc3ccncc3)CC2)C1. The Labute approximate surface area is 179 Å². The molecule has 1 atom stereocenters. The molecule has 6 heteroatoms. The van der Waals surface area contributed by atoms with Crippen molar-refractivity contribution in [1.82, 2.24) is 25.1 Å². The second-order valence-electron chi connectivity index (χ2n) is 8.59. The van der Waals surface area contributed by atoms with E-state index in [4.69, 9.17) is 0 Å². The minimum atomic E-state index is 0.131. The zero-order valence-electron chi connectivity index (χ0n) is 17.7. The van der Waals surface area contributed by atoms with Crippen LogP contribution in [0.2, 0.25) is 0 Å². The lowest BCUT2D eigenvalue weighted by molar-refractivity contribution is -0.127. The van der Waals surface area contributed by atoms with Crippen molar-refractivity contribution in [3.05, 3.63) is 60.2 Å². The Morgan fingerprint density at radius 2 is 1.60 bits per heavy atom. The summed E-state index contributed by atoms with van der Waals surface area (Å²) < 4.78 is 0. The molecular formula is C24H33N5O. The summed E-state index contributed by atoms with van der Waals surface area (Å²) in [5.74, 6) is 0.356. The van der Waals surface area contributed by atoms with Crippen LogP contribution < -0.4 is 5.32 Å². The number of likely N-dealkylation sites (tertiary alicyclic amines) is 2. The number of hydrogen-bond donors (Lipinski definition) is 1. The number of aromatic nitrogens is 2. The zero-order valence-corrected chi connectivity index (χ0v) is 17.7. The van der Waals surface area contributed by atoms with Crippen LogP contribution in [-0.4, -0.2) is 64.4 Å². The lowest BCUT2D eigenvalue weighted by Crippen LogP contribution is -2.50. The molecule has 0 bridgehead atoms. The van der Waals surface area contributed by atoms with E-state index in [1.807, 2.05) is 24.5 Å². The van der Waals surface area contributed by atoms with Gasteiger partial charge in [0.15, 0.2) is 0 Å². The van der Waals surface area contributed by atoms with Gasteiger partial charge in [0.1, 0.15) is 0 Å². The van der Waals surface area contributed by atoms with Gasteiger partial charge in [-0.1, -0.05) is 0 Å². The molecule has 2 fully saturated rings. The van der Waals surface area contributed by atoms with Gasteiger partial charge in [-0.25, -0.2) is 0 Å². The summed E-state index contributed by atoms with van der Waals surface area (Å²) in [4.78, 5) is 26.0. The lowest BCUT2D eigenvalue weighted by atomic mass is 9.93. The second-order valence-corrected chi connectivity index (χ2v) is 8.59. The number of pyridine rings is 2. The molecule has 2 aromatic rings. The maximum absolute atomic E-state index is 12.7. The Kier molecular flexibility index (Phi) is 7.43. The fraction of sp³-hybridized carbons (Fsp3) is 0.542. The Bertz CT molecular complexity index is 777. The topological polar surface area (TPSA) is 61.4 Å². The van der Waals surface area contributed by atoms with Crippen molar-refractivity contribution >= 4 is 5.91 Å². The Hall–Kier alpha value is -2.31. The molecule has 0 saturated carbocycles. The van der Waals surface area contributed by atoms with Crippen LogP contribution >= 0.6 is 0 Å². The molecule has 30 heavy (non-hydrogen) atoms. The van der Waals surface area contributed by atoms with Crippen LogP contribution in [0.25, 0.3) is 0 Å². The van der Waals surface area contributed by atoms with Gasteiger partial charge in [0.25, 0.3) is 0 Å². The van der Waals surface area contributed by atoms with Gasteiger partial charge in [-0.05, 0) is 87.1 Å². The summed E-state index contributed by atoms with van der Waals surface area (Å²) >= 11 is 0. The van der Waals surface area contributed by atoms with Gasteiger partial charge >= 0.3 is 0 Å². The van der Waals surface area contributed by atoms with Gasteiger partial charge in [-0.15, -0.1) is 0 Å². The highest BCUT2D eigenvalue weighted by Crippen LogP contribution is 2.24. The number of carbonyl (C=O) groups is 1. The number of piperidine rings is 2. The van der Waals surface area contributed by atoms with Crippen LogP contribution in [0.15, 0.2) is 49.1 Å². The van der Waals surface area contributed by atoms with Gasteiger partial charge < -0.3 is 5.32 Å². The number of carbonyl (C=O) groups excluding carboxylic acids is 1. The predicted octanol–water partition coefficient (Wildman–Crippen LogP) is 2.51. The van der Waals surface area contributed by atoms with E-state index >= 15 is 0 Å². The highest BCUT2D eigenvalue weighted by molar-refractivity contribution is 5.79. The fourth-order valence-corrected chi connectivity index (χ4v) is 4.76. The van der Waals surface area contributed by atoms with E-state index in [9.17, 15) is 4.79 Å². The summed E-state index contributed by atoms with van der Waals surface area (Å²) in [7, 11) is 0. The summed E-state index contributed by atoms with van der Waals surface area (Å²) in [5.41, 5.74) is 2.55. The van der Waals surface area contributed by atoms with Gasteiger partial charge in [0, 0.05) is 50.5 Å². The maximum atomic E-state index is 12.7. The van der Waals surface area contributed by atoms with Crippen LogP contribution in [0.4, 0.5) is 0 Å². The largest absolute Gasteiger partial charge is 0.355 e. The molecule has 4 rings (SSSR count). The molecule has 2 saturated heterocycles. The fourth-order valence-electron chi connectivity index (χ4n) is 4.76. The molecule has 160 valence electrons. The summed E-state index contributed by atoms with van der Waals surface area (Å²) in [6, 6.07) is 8.85. The van der Waals surface area contributed by atoms with Crippen LogP contribution in [0.1, 0.15) is 36.8 Å². The highest BCUT2D eigenvalue weighted by atomic mass is 16.1. The lowest BCUT2D eigenvalue weighted by Gasteiger charge is -2.42. The van der Waals surface area contributed by atoms with Crippen molar-refractivity contribution in [3.8, 4) is 0 Å². The van der Waals surface area contributed by atoms with Crippen molar-refractivity contribution in [2.45, 2.75) is 44.7 Å². The summed E-state index contributed by atoms with van der Waals surface area (Å²) in [5, 5.41) is 3.16. The average Bonchev–Trinajstić information content (AvgIpc) is 2.81. The molecule has 2 aliphatic rings. The number of amides is 1. The molecule has 2 aromatic heterocycles. The first-order valence-electron chi connectivity index (χ1n) is 11.3. The molecule has 1 N–H and O–H groups in total. The smallest absolute Gasteiger partial charge is 0.224 e.